The molecule has 0 radical (unpaired) electrons. The number of ether oxygens (including phenoxy) is 2. The number of hydrogen-bond acceptors (Lipinski definition) is 3. The van der Waals surface area contributed by atoms with Gasteiger partial charge in [-0.05, 0) is 47.5 Å². The first kappa shape index (κ1) is 15.9. The number of halogens is 1. The summed E-state index contributed by atoms with van der Waals surface area (Å²) in [7, 11) is 3.26. The highest BCUT2D eigenvalue weighted by Gasteiger charge is 2.29. The highest BCUT2D eigenvalue weighted by Crippen LogP contribution is 2.42. The van der Waals surface area contributed by atoms with E-state index in [-0.39, 0.29) is 0 Å². The van der Waals surface area contributed by atoms with Crippen LogP contribution in [0.2, 0.25) is 0 Å². The quantitative estimate of drug-likeness (QED) is 0.907. The van der Waals surface area contributed by atoms with Crippen LogP contribution in [0.4, 0.5) is 0 Å². The van der Waals surface area contributed by atoms with E-state index >= 15 is 0 Å². The predicted octanol–water partition coefficient (Wildman–Crippen LogP) is 4.00. The molecule has 1 unspecified atom stereocenters. The minimum absolute atomic E-state index is 0.661. The Balaban J connectivity index is 2.62. The number of aryl methyl sites for hydroxylation is 1. The van der Waals surface area contributed by atoms with Crippen molar-refractivity contribution in [2.24, 2.45) is 5.73 Å². The lowest BCUT2D eigenvalue weighted by molar-refractivity contribution is 0.379. The van der Waals surface area contributed by atoms with E-state index in [0.29, 0.717) is 5.75 Å². The molecule has 0 aromatic heterocycles. The summed E-state index contributed by atoms with van der Waals surface area (Å²) in [4.78, 5) is 0. The molecule has 0 aliphatic heterocycles. The lowest BCUT2D eigenvalue weighted by Crippen LogP contribution is -2.34. The van der Waals surface area contributed by atoms with Gasteiger partial charge in [-0.3, -0.25) is 0 Å². The van der Waals surface area contributed by atoms with Crippen molar-refractivity contribution in [2.75, 3.05) is 14.2 Å². The number of rotatable bonds is 4. The van der Waals surface area contributed by atoms with Crippen LogP contribution in [0.1, 0.15) is 23.6 Å². The molecule has 0 saturated carbocycles. The van der Waals surface area contributed by atoms with Crippen molar-refractivity contribution in [1.29, 1.82) is 0 Å². The molecule has 0 amide bonds. The average Bonchev–Trinajstić information content (AvgIpc) is 2.46. The summed E-state index contributed by atoms with van der Waals surface area (Å²) in [5.41, 5.74) is 9.08. The number of hydrogen-bond donors (Lipinski definition) is 1. The zero-order chi connectivity index (χ0) is 15.6. The van der Waals surface area contributed by atoms with Crippen molar-refractivity contribution in [1.82, 2.24) is 0 Å². The van der Waals surface area contributed by atoms with E-state index in [0.717, 1.165) is 21.3 Å². The van der Waals surface area contributed by atoms with Crippen molar-refractivity contribution in [3.8, 4) is 11.5 Å². The van der Waals surface area contributed by atoms with Crippen molar-refractivity contribution in [3.63, 3.8) is 0 Å². The van der Waals surface area contributed by atoms with E-state index in [4.69, 9.17) is 15.2 Å². The summed E-state index contributed by atoms with van der Waals surface area (Å²) in [6.07, 6.45) is 0. The first-order valence-corrected chi connectivity index (χ1v) is 7.48. The van der Waals surface area contributed by atoms with Crippen LogP contribution < -0.4 is 15.2 Å². The topological polar surface area (TPSA) is 44.5 Å². The second-order valence-corrected chi connectivity index (χ2v) is 6.03. The Bertz CT molecular complexity index is 653. The summed E-state index contributed by atoms with van der Waals surface area (Å²) in [5.74, 6) is 1.41. The summed E-state index contributed by atoms with van der Waals surface area (Å²) < 4.78 is 11.6. The van der Waals surface area contributed by atoms with Gasteiger partial charge in [-0.15, -0.1) is 0 Å². The Morgan fingerprint density at radius 1 is 1.10 bits per heavy atom. The van der Waals surface area contributed by atoms with E-state index in [2.05, 4.69) is 35.0 Å². The molecule has 0 bridgehead atoms. The molecular weight excluding hydrogens is 330 g/mol. The Labute approximate surface area is 134 Å². The second-order valence-electron chi connectivity index (χ2n) is 5.23. The van der Waals surface area contributed by atoms with Crippen LogP contribution in [0.3, 0.4) is 0 Å². The monoisotopic (exact) mass is 349 g/mol. The van der Waals surface area contributed by atoms with E-state index in [9.17, 15) is 0 Å². The molecular formula is C17H20BrNO2. The predicted molar refractivity (Wildman–Crippen MR) is 89.1 cm³/mol. The third-order valence-corrected chi connectivity index (χ3v) is 4.41. The third kappa shape index (κ3) is 2.92. The van der Waals surface area contributed by atoms with Crippen LogP contribution in [0.25, 0.3) is 0 Å². The van der Waals surface area contributed by atoms with Gasteiger partial charge in [0, 0.05) is 5.56 Å². The van der Waals surface area contributed by atoms with Crippen molar-refractivity contribution in [3.05, 3.63) is 57.6 Å². The molecule has 112 valence electrons. The van der Waals surface area contributed by atoms with Gasteiger partial charge in [-0.2, -0.15) is 0 Å². The van der Waals surface area contributed by atoms with Gasteiger partial charge in [0.1, 0.15) is 16.0 Å². The minimum Gasteiger partial charge on any atom is -0.495 e. The van der Waals surface area contributed by atoms with Gasteiger partial charge in [-0.25, -0.2) is 0 Å². The van der Waals surface area contributed by atoms with Crippen molar-refractivity contribution < 1.29 is 9.47 Å². The summed E-state index contributed by atoms with van der Waals surface area (Å²) in [5, 5.41) is 0. The summed E-state index contributed by atoms with van der Waals surface area (Å²) in [6, 6.07) is 12.0. The number of nitrogens with two attached hydrogens (primary N) is 1. The fourth-order valence-corrected chi connectivity index (χ4v) is 3.10. The van der Waals surface area contributed by atoms with E-state index in [1.807, 2.05) is 31.2 Å². The van der Waals surface area contributed by atoms with Gasteiger partial charge >= 0.3 is 0 Å². The SMILES string of the molecule is COc1ccc(C(C)(N)c2cccc(C)c2)c(OC)c1Br. The molecule has 0 aliphatic carbocycles. The average molecular weight is 350 g/mol. The maximum absolute atomic E-state index is 6.62. The molecule has 2 N–H and O–H groups in total. The van der Waals surface area contributed by atoms with Crippen LogP contribution in [-0.2, 0) is 5.54 Å². The molecule has 4 heteroatoms. The van der Waals surface area contributed by atoms with Gasteiger partial charge in [-0.1, -0.05) is 29.8 Å². The van der Waals surface area contributed by atoms with E-state index < -0.39 is 5.54 Å². The number of methoxy groups -OCH3 is 2. The molecule has 0 spiro atoms. The molecule has 0 aliphatic rings. The first-order chi connectivity index (χ1) is 9.91. The Kier molecular flexibility index (Phi) is 4.59. The maximum Gasteiger partial charge on any atom is 0.142 e. The molecule has 3 nitrogen and oxygen atoms in total. The minimum atomic E-state index is -0.661. The number of benzene rings is 2. The van der Waals surface area contributed by atoms with Gasteiger partial charge < -0.3 is 15.2 Å². The summed E-state index contributed by atoms with van der Waals surface area (Å²) in [6.45, 7) is 4.04. The zero-order valence-electron chi connectivity index (χ0n) is 12.7. The standard InChI is InChI=1S/C17H20BrNO2/c1-11-6-5-7-12(10-11)17(2,19)13-8-9-14(20-3)15(18)16(13)21-4/h5-10H,19H2,1-4H3. The second kappa shape index (κ2) is 6.08. The van der Waals surface area contributed by atoms with E-state index in [1.165, 1.54) is 5.56 Å². The van der Waals surface area contributed by atoms with Crippen molar-refractivity contribution in [2.45, 2.75) is 19.4 Å². The Morgan fingerprint density at radius 2 is 1.81 bits per heavy atom. The third-order valence-electron chi connectivity index (χ3n) is 3.66. The fraction of sp³-hybridized carbons (Fsp3) is 0.294. The Morgan fingerprint density at radius 3 is 2.38 bits per heavy atom. The first-order valence-electron chi connectivity index (χ1n) is 6.68. The molecule has 2 aromatic carbocycles. The summed E-state index contributed by atoms with van der Waals surface area (Å²) >= 11 is 3.53. The van der Waals surface area contributed by atoms with Gasteiger partial charge in [0.05, 0.1) is 19.8 Å². The van der Waals surface area contributed by atoms with Gasteiger partial charge in [0.15, 0.2) is 0 Å². The Hall–Kier alpha value is -1.52. The largest absolute Gasteiger partial charge is 0.495 e. The molecule has 2 rings (SSSR count). The van der Waals surface area contributed by atoms with Crippen molar-refractivity contribution >= 4 is 15.9 Å². The maximum atomic E-state index is 6.62. The molecule has 0 heterocycles. The highest BCUT2D eigenvalue weighted by atomic mass is 79.9. The van der Waals surface area contributed by atoms with Crippen LogP contribution in [0.15, 0.2) is 40.9 Å². The smallest absolute Gasteiger partial charge is 0.142 e. The normalized spacial score (nSPS) is 13.6. The van der Waals surface area contributed by atoms with Crippen LogP contribution in [-0.4, -0.2) is 14.2 Å². The highest BCUT2D eigenvalue weighted by molar-refractivity contribution is 9.10. The fourth-order valence-electron chi connectivity index (χ4n) is 2.43. The lowest BCUT2D eigenvalue weighted by atomic mass is 9.84. The molecule has 0 fully saturated rings. The molecule has 2 aromatic rings. The van der Waals surface area contributed by atoms with Gasteiger partial charge in [0.2, 0.25) is 0 Å². The lowest BCUT2D eigenvalue weighted by Gasteiger charge is -2.29. The zero-order valence-corrected chi connectivity index (χ0v) is 14.3. The van der Waals surface area contributed by atoms with Crippen LogP contribution >= 0.6 is 15.9 Å². The molecule has 21 heavy (non-hydrogen) atoms. The van der Waals surface area contributed by atoms with Crippen LogP contribution in [0.5, 0.6) is 11.5 Å². The molecule has 0 saturated heterocycles. The van der Waals surface area contributed by atoms with E-state index in [1.54, 1.807) is 14.2 Å². The molecule has 1 atom stereocenters. The van der Waals surface area contributed by atoms with Gasteiger partial charge in [0.25, 0.3) is 0 Å². The van der Waals surface area contributed by atoms with Crippen LogP contribution in [0, 0.1) is 6.92 Å².